The molecule has 0 bridgehead atoms. The number of aromatic hydroxyl groups is 1. The van der Waals surface area contributed by atoms with E-state index in [1.807, 2.05) is 0 Å². The standard InChI is InChI=1S/C18H16F3N3O5/c1-29-12-7-9(4-5-11(12)25)14-13(15(26)10-3-2-6-22-8-10)17(28,18(19,20)21)24-16(27)23-14/h2-8,13-14,25,28H,1H3,(H2,23,24,27)/t13-,14-,17-/m0/s1. The predicted octanol–water partition coefficient (Wildman–Crippen LogP) is 1.90. The number of hydrogen-bond donors (Lipinski definition) is 4. The first-order valence-electron chi connectivity index (χ1n) is 8.27. The minimum absolute atomic E-state index is 0.0133. The number of alkyl halides is 3. The van der Waals surface area contributed by atoms with Crippen molar-refractivity contribution in [3.05, 3.63) is 53.9 Å². The van der Waals surface area contributed by atoms with Crippen molar-refractivity contribution in [1.29, 1.82) is 0 Å². The number of pyridine rings is 1. The van der Waals surface area contributed by atoms with Crippen molar-refractivity contribution in [2.24, 2.45) is 5.92 Å². The lowest BCUT2D eigenvalue weighted by Gasteiger charge is -2.45. The molecular weight excluding hydrogens is 395 g/mol. The fraction of sp³-hybridized carbons (Fsp3) is 0.278. The molecule has 0 saturated carbocycles. The van der Waals surface area contributed by atoms with Crippen LogP contribution in [0.3, 0.4) is 0 Å². The van der Waals surface area contributed by atoms with Crippen molar-refractivity contribution in [1.82, 2.24) is 15.6 Å². The molecule has 11 heteroatoms. The minimum atomic E-state index is -5.37. The molecule has 0 spiro atoms. The van der Waals surface area contributed by atoms with Crippen molar-refractivity contribution in [2.75, 3.05) is 7.11 Å². The Balaban J connectivity index is 2.18. The number of benzene rings is 1. The van der Waals surface area contributed by atoms with Crippen LogP contribution < -0.4 is 15.4 Å². The number of phenols is 1. The van der Waals surface area contributed by atoms with E-state index in [1.54, 1.807) is 0 Å². The summed E-state index contributed by atoms with van der Waals surface area (Å²) in [7, 11) is 1.23. The van der Waals surface area contributed by atoms with Crippen LogP contribution in [-0.2, 0) is 0 Å². The molecule has 1 aromatic heterocycles. The quantitative estimate of drug-likeness (QED) is 0.571. The van der Waals surface area contributed by atoms with Crippen molar-refractivity contribution in [2.45, 2.75) is 17.9 Å². The van der Waals surface area contributed by atoms with Gasteiger partial charge >= 0.3 is 12.2 Å². The van der Waals surface area contributed by atoms with E-state index >= 15 is 0 Å². The third-order valence-electron chi connectivity index (χ3n) is 4.60. The Kier molecular flexibility index (Phi) is 5.09. The highest BCUT2D eigenvalue weighted by atomic mass is 19.4. The van der Waals surface area contributed by atoms with Crippen LogP contribution in [0.1, 0.15) is 22.0 Å². The zero-order valence-corrected chi connectivity index (χ0v) is 14.9. The van der Waals surface area contributed by atoms with Crippen molar-refractivity contribution in [3.8, 4) is 11.5 Å². The van der Waals surface area contributed by atoms with Crippen LogP contribution in [0.25, 0.3) is 0 Å². The molecule has 2 heterocycles. The Morgan fingerprint density at radius 3 is 2.62 bits per heavy atom. The third kappa shape index (κ3) is 3.56. The zero-order valence-electron chi connectivity index (χ0n) is 14.9. The maximum Gasteiger partial charge on any atom is 0.437 e. The Morgan fingerprint density at radius 1 is 1.31 bits per heavy atom. The summed E-state index contributed by atoms with van der Waals surface area (Å²) in [6.07, 6.45) is -2.98. The number of rotatable bonds is 4. The first-order chi connectivity index (χ1) is 13.6. The molecule has 1 saturated heterocycles. The van der Waals surface area contributed by atoms with Gasteiger partial charge in [-0.1, -0.05) is 6.07 Å². The van der Waals surface area contributed by atoms with Gasteiger partial charge in [-0.05, 0) is 29.8 Å². The summed E-state index contributed by atoms with van der Waals surface area (Å²) in [6, 6.07) is 3.22. The number of carbonyl (C=O) groups is 2. The Labute approximate surface area is 162 Å². The normalized spacial score (nSPS) is 24.4. The van der Waals surface area contributed by atoms with E-state index < -0.39 is 35.7 Å². The summed E-state index contributed by atoms with van der Waals surface area (Å²) in [6.45, 7) is 0. The summed E-state index contributed by atoms with van der Waals surface area (Å²) in [5.41, 5.74) is -4.02. The largest absolute Gasteiger partial charge is 0.504 e. The van der Waals surface area contributed by atoms with Gasteiger partial charge in [0.2, 0.25) is 5.72 Å². The maximum absolute atomic E-state index is 13.8. The minimum Gasteiger partial charge on any atom is -0.504 e. The van der Waals surface area contributed by atoms with Crippen LogP contribution >= 0.6 is 0 Å². The van der Waals surface area contributed by atoms with E-state index in [0.29, 0.717) is 0 Å². The average molecular weight is 411 g/mol. The van der Waals surface area contributed by atoms with Gasteiger partial charge in [0.05, 0.1) is 13.2 Å². The number of nitrogens with zero attached hydrogens (tertiary/aromatic N) is 1. The SMILES string of the molecule is COc1cc([C@@H]2NC(=O)N[C@@](O)(C(F)(F)F)[C@@H]2C(=O)c2cccnc2)ccc1O. The highest BCUT2D eigenvalue weighted by Crippen LogP contribution is 2.44. The number of aromatic nitrogens is 1. The summed E-state index contributed by atoms with van der Waals surface area (Å²) in [5, 5.41) is 23.9. The van der Waals surface area contributed by atoms with E-state index in [1.165, 1.54) is 42.9 Å². The average Bonchev–Trinajstić information content (AvgIpc) is 2.67. The van der Waals surface area contributed by atoms with Gasteiger partial charge in [0.15, 0.2) is 17.3 Å². The monoisotopic (exact) mass is 411 g/mol. The summed E-state index contributed by atoms with van der Waals surface area (Å²) >= 11 is 0. The third-order valence-corrected chi connectivity index (χ3v) is 4.60. The fourth-order valence-corrected chi connectivity index (χ4v) is 3.19. The summed E-state index contributed by atoms with van der Waals surface area (Å²) < 4.78 is 46.3. The number of Topliss-reactive ketones (excluding diaryl/α,β-unsaturated/α-hetero) is 1. The highest BCUT2D eigenvalue weighted by Gasteiger charge is 2.66. The Bertz CT molecular complexity index is 938. The summed E-state index contributed by atoms with van der Waals surface area (Å²) in [5.74, 6) is -3.67. The molecule has 2 amide bonds. The van der Waals surface area contributed by atoms with Crippen molar-refractivity contribution >= 4 is 11.8 Å². The first-order valence-corrected chi connectivity index (χ1v) is 8.27. The second kappa shape index (κ2) is 7.24. The first kappa shape index (κ1) is 20.4. The van der Waals surface area contributed by atoms with Gasteiger partial charge in [0.1, 0.15) is 5.92 Å². The number of phenolic OH excluding ortho intramolecular Hbond substituents is 1. The van der Waals surface area contributed by atoms with Gasteiger partial charge in [0, 0.05) is 18.0 Å². The van der Waals surface area contributed by atoms with Gasteiger partial charge in [-0.2, -0.15) is 13.2 Å². The number of nitrogens with one attached hydrogen (secondary N) is 2. The number of ether oxygens (including phenoxy) is 1. The highest BCUT2D eigenvalue weighted by molar-refractivity contribution is 6.00. The predicted molar refractivity (Wildman–Crippen MR) is 92.1 cm³/mol. The number of aliphatic hydroxyl groups is 1. The van der Waals surface area contributed by atoms with Crippen molar-refractivity contribution < 1.29 is 37.7 Å². The lowest BCUT2D eigenvalue weighted by Crippen LogP contribution is -2.72. The molecule has 0 radical (unpaired) electrons. The smallest absolute Gasteiger partial charge is 0.437 e. The number of amides is 2. The number of halogens is 3. The molecule has 0 unspecified atom stereocenters. The van der Waals surface area contributed by atoms with Gasteiger partial charge in [-0.3, -0.25) is 9.78 Å². The van der Waals surface area contributed by atoms with Crippen LogP contribution in [-0.4, -0.2) is 46.0 Å². The molecule has 0 aliphatic carbocycles. The summed E-state index contributed by atoms with van der Waals surface area (Å²) in [4.78, 5) is 28.7. The van der Waals surface area contributed by atoms with E-state index in [9.17, 15) is 33.0 Å². The lowest BCUT2D eigenvalue weighted by atomic mass is 9.77. The molecule has 2 aromatic rings. The van der Waals surface area contributed by atoms with Gasteiger partial charge in [0.25, 0.3) is 0 Å². The molecule has 1 aliphatic rings. The number of carbonyl (C=O) groups excluding carboxylic acids is 2. The zero-order chi connectivity index (χ0) is 21.4. The maximum atomic E-state index is 13.8. The molecule has 154 valence electrons. The molecule has 1 aromatic carbocycles. The van der Waals surface area contributed by atoms with Crippen LogP contribution in [0, 0.1) is 5.92 Å². The molecule has 1 aliphatic heterocycles. The van der Waals surface area contributed by atoms with Crippen LogP contribution in [0.2, 0.25) is 0 Å². The van der Waals surface area contributed by atoms with Gasteiger partial charge in [-0.15, -0.1) is 0 Å². The van der Waals surface area contributed by atoms with Crippen molar-refractivity contribution in [3.63, 3.8) is 0 Å². The number of urea groups is 1. The van der Waals surface area contributed by atoms with Gasteiger partial charge in [-0.25, -0.2) is 4.79 Å². The Hall–Kier alpha value is -3.34. The van der Waals surface area contributed by atoms with Crippen LogP contribution in [0.15, 0.2) is 42.7 Å². The lowest BCUT2D eigenvalue weighted by molar-refractivity contribution is -0.287. The van der Waals surface area contributed by atoms with E-state index in [-0.39, 0.29) is 22.6 Å². The molecule has 4 N–H and O–H groups in total. The molecule has 3 rings (SSSR count). The number of methoxy groups -OCH3 is 1. The molecule has 8 nitrogen and oxygen atoms in total. The van der Waals surface area contributed by atoms with Gasteiger partial charge < -0.3 is 25.6 Å². The number of hydrogen-bond acceptors (Lipinski definition) is 6. The van der Waals surface area contributed by atoms with E-state index in [0.717, 1.165) is 12.3 Å². The second-order valence-electron chi connectivity index (χ2n) is 6.36. The molecule has 1 fully saturated rings. The van der Waals surface area contributed by atoms with Crippen LogP contribution in [0.4, 0.5) is 18.0 Å². The topological polar surface area (TPSA) is 121 Å². The van der Waals surface area contributed by atoms with E-state index in [4.69, 9.17) is 4.74 Å². The van der Waals surface area contributed by atoms with Crippen LogP contribution in [0.5, 0.6) is 11.5 Å². The second-order valence-corrected chi connectivity index (χ2v) is 6.36. The number of ketones is 1. The molecular formula is C18H16F3N3O5. The molecule has 3 atom stereocenters. The van der Waals surface area contributed by atoms with E-state index in [2.05, 4.69) is 10.3 Å². The Morgan fingerprint density at radius 2 is 2.03 bits per heavy atom. The fourth-order valence-electron chi connectivity index (χ4n) is 3.19. The molecule has 29 heavy (non-hydrogen) atoms.